The third-order valence-corrected chi connectivity index (χ3v) is 2.65. The van der Waals surface area contributed by atoms with E-state index >= 15 is 0 Å². The molecule has 0 heterocycles. The van der Waals surface area contributed by atoms with Crippen LogP contribution in [0.25, 0.3) is 0 Å². The Labute approximate surface area is 75.8 Å². The van der Waals surface area contributed by atoms with E-state index in [1.807, 2.05) is 0 Å². The highest BCUT2D eigenvalue weighted by molar-refractivity contribution is 9.11. The predicted molar refractivity (Wildman–Crippen MR) is 51.6 cm³/mol. The van der Waals surface area contributed by atoms with Gasteiger partial charge in [-0.2, -0.15) is 0 Å². The van der Waals surface area contributed by atoms with Crippen LogP contribution in [-0.4, -0.2) is 0 Å². The maximum Gasteiger partial charge on any atom is 0.0138 e. The van der Waals surface area contributed by atoms with E-state index in [1.54, 1.807) is 0 Å². The quantitative estimate of drug-likeness (QED) is 0.622. The molecule has 11 heavy (non-hydrogen) atoms. The monoisotopic (exact) mass is 210 g/mol. The second-order valence-electron chi connectivity index (χ2n) is 3.21. The molecule has 0 N–H and O–H groups in total. The Balaban J connectivity index is 2.03. The zero-order valence-electron chi connectivity index (χ0n) is 6.39. The molecule has 0 nitrogen and oxygen atoms in total. The lowest BCUT2D eigenvalue weighted by molar-refractivity contribution is 1.08. The minimum Gasteiger partial charge on any atom is -0.0779 e. The molecule has 0 aromatic rings. The number of halogens is 1. The lowest BCUT2D eigenvalue weighted by Crippen LogP contribution is -1.83. The van der Waals surface area contributed by atoms with Gasteiger partial charge in [-0.3, -0.25) is 0 Å². The van der Waals surface area contributed by atoms with E-state index in [0.29, 0.717) is 0 Å². The Morgan fingerprint density at radius 1 is 1.36 bits per heavy atom. The first-order valence-corrected chi connectivity index (χ1v) is 4.88. The summed E-state index contributed by atoms with van der Waals surface area (Å²) in [6.45, 7) is 0. The Bertz CT molecular complexity index is 242. The topological polar surface area (TPSA) is 0 Å². The van der Waals surface area contributed by atoms with Crippen LogP contribution in [0.4, 0.5) is 0 Å². The van der Waals surface area contributed by atoms with Crippen molar-refractivity contribution in [1.29, 1.82) is 0 Å². The van der Waals surface area contributed by atoms with Crippen molar-refractivity contribution in [3.8, 4) is 0 Å². The van der Waals surface area contributed by atoms with Crippen LogP contribution < -0.4 is 0 Å². The van der Waals surface area contributed by atoms with E-state index in [2.05, 4.69) is 40.2 Å². The average Bonchev–Trinajstić information content (AvgIpc) is 2.78. The fourth-order valence-electron chi connectivity index (χ4n) is 1.23. The SMILES string of the molecule is BrC1=CCC(=CC2CC2)C=C1. The van der Waals surface area contributed by atoms with Crippen LogP contribution in [0, 0.1) is 5.92 Å². The van der Waals surface area contributed by atoms with Crippen molar-refractivity contribution in [2.45, 2.75) is 19.3 Å². The molecule has 0 atom stereocenters. The van der Waals surface area contributed by atoms with E-state index in [9.17, 15) is 0 Å². The average molecular weight is 211 g/mol. The molecule has 0 spiro atoms. The van der Waals surface area contributed by atoms with Gasteiger partial charge in [-0.05, 0) is 36.8 Å². The van der Waals surface area contributed by atoms with Gasteiger partial charge in [0.15, 0.2) is 0 Å². The zero-order valence-corrected chi connectivity index (χ0v) is 7.97. The van der Waals surface area contributed by atoms with Gasteiger partial charge < -0.3 is 0 Å². The molecule has 2 aliphatic rings. The Kier molecular flexibility index (Phi) is 1.99. The first-order valence-electron chi connectivity index (χ1n) is 4.09. The van der Waals surface area contributed by atoms with Crippen LogP contribution >= 0.6 is 15.9 Å². The summed E-state index contributed by atoms with van der Waals surface area (Å²) in [5, 5.41) is 0. The molecule has 1 heteroatoms. The lowest BCUT2D eigenvalue weighted by atomic mass is 10.1. The minimum atomic E-state index is 0.903. The number of rotatable bonds is 1. The summed E-state index contributed by atoms with van der Waals surface area (Å²) in [4.78, 5) is 0. The summed E-state index contributed by atoms with van der Waals surface area (Å²) in [6, 6.07) is 0. The summed E-state index contributed by atoms with van der Waals surface area (Å²) >= 11 is 3.44. The lowest BCUT2D eigenvalue weighted by Gasteiger charge is -2.03. The van der Waals surface area contributed by atoms with Gasteiger partial charge in [0.25, 0.3) is 0 Å². The number of hydrogen-bond acceptors (Lipinski definition) is 0. The van der Waals surface area contributed by atoms with E-state index in [1.165, 1.54) is 22.9 Å². The molecule has 1 saturated carbocycles. The van der Waals surface area contributed by atoms with Crippen LogP contribution in [-0.2, 0) is 0 Å². The van der Waals surface area contributed by atoms with Crippen LogP contribution in [0.15, 0.2) is 34.4 Å². The first kappa shape index (κ1) is 7.35. The summed E-state index contributed by atoms with van der Waals surface area (Å²) in [7, 11) is 0. The Morgan fingerprint density at radius 2 is 2.18 bits per heavy atom. The van der Waals surface area contributed by atoms with Crippen molar-refractivity contribution >= 4 is 15.9 Å². The predicted octanol–water partition coefficient (Wildman–Crippen LogP) is 3.56. The molecule has 0 aromatic carbocycles. The largest absolute Gasteiger partial charge is 0.0779 e. The molecule has 0 aromatic heterocycles. The molecule has 58 valence electrons. The van der Waals surface area contributed by atoms with Gasteiger partial charge in [-0.1, -0.05) is 34.2 Å². The molecule has 0 radical (unpaired) electrons. The van der Waals surface area contributed by atoms with Crippen LogP contribution in [0.5, 0.6) is 0 Å². The van der Waals surface area contributed by atoms with E-state index < -0.39 is 0 Å². The third kappa shape index (κ3) is 2.06. The highest BCUT2D eigenvalue weighted by Gasteiger charge is 2.18. The fraction of sp³-hybridized carbons (Fsp3) is 0.400. The van der Waals surface area contributed by atoms with E-state index in [4.69, 9.17) is 0 Å². The van der Waals surface area contributed by atoms with Crippen molar-refractivity contribution in [2.75, 3.05) is 0 Å². The standard InChI is InChI=1S/C10H11Br/c11-10-5-3-9(4-6-10)7-8-1-2-8/h3,5-8H,1-2,4H2. The van der Waals surface area contributed by atoms with Gasteiger partial charge in [-0.25, -0.2) is 0 Å². The van der Waals surface area contributed by atoms with Crippen LogP contribution in [0.3, 0.4) is 0 Å². The van der Waals surface area contributed by atoms with Gasteiger partial charge in [0.1, 0.15) is 0 Å². The van der Waals surface area contributed by atoms with Gasteiger partial charge >= 0.3 is 0 Å². The minimum absolute atomic E-state index is 0.903. The molecule has 0 bridgehead atoms. The normalized spacial score (nSPS) is 27.4. The van der Waals surface area contributed by atoms with E-state index in [0.717, 1.165) is 12.3 Å². The van der Waals surface area contributed by atoms with Crippen molar-refractivity contribution in [3.63, 3.8) is 0 Å². The van der Waals surface area contributed by atoms with Gasteiger partial charge in [0.05, 0.1) is 0 Å². The Hall–Kier alpha value is -0.300. The fourth-order valence-corrected chi connectivity index (χ4v) is 1.52. The molecule has 0 saturated heterocycles. The molecular weight excluding hydrogens is 200 g/mol. The zero-order chi connectivity index (χ0) is 7.68. The highest BCUT2D eigenvalue weighted by atomic mass is 79.9. The summed E-state index contributed by atoms with van der Waals surface area (Å²) < 4.78 is 1.21. The van der Waals surface area contributed by atoms with Crippen molar-refractivity contribution in [3.05, 3.63) is 34.4 Å². The second-order valence-corrected chi connectivity index (χ2v) is 4.12. The molecule has 0 aliphatic heterocycles. The number of hydrogen-bond donors (Lipinski definition) is 0. The third-order valence-electron chi connectivity index (χ3n) is 2.06. The summed E-state index contributed by atoms with van der Waals surface area (Å²) in [6.07, 6.45) is 12.9. The highest BCUT2D eigenvalue weighted by Crippen LogP contribution is 2.33. The van der Waals surface area contributed by atoms with E-state index in [-0.39, 0.29) is 0 Å². The van der Waals surface area contributed by atoms with Gasteiger partial charge in [0.2, 0.25) is 0 Å². The summed E-state index contributed by atoms with van der Waals surface area (Å²) in [5.41, 5.74) is 1.48. The maximum atomic E-state index is 3.44. The van der Waals surface area contributed by atoms with Gasteiger partial charge in [-0.15, -0.1) is 0 Å². The van der Waals surface area contributed by atoms with Crippen LogP contribution in [0.1, 0.15) is 19.3 Å². The molecule has 0 unspecified atom stereocenters. The van der Waals surface area contributed by atoms with Crippen molar-refractivity contribution < 1.29 is 0 Å². The van der Waals surface area contributed by atoms with Crippen molar-refractivity contribution in [1.82, 2.24) is 0 Å². The maximum absolute atomic E-state index is 3.44. The van der Waals surface area contributed by atoms with Gasteiger partial charge in [0, 0.05) is 4.48 Å². The molecule has 0 amide bonds. The first-order chi connectivity index (χ1) is 5.34. The Morgan fingerprint density at radius 3 is 2.73 bits per heavy atom. The molecule has 2 rings (SSSR count). The van der Waals surface area contributed by atoms with Crippen LogP contribution in [0.2, 0.25) is 0 Å². The smallest absolute Gasteiger partial charge is 0.0138 e. The molecular formula is C10H11Br. The van der Waals surface area contributed by atoms with Crippen molar-refractivity contribution in [2.24, 2.45) is 5.92 Å². The second kappa shape index (κ2) is 2.98. The summed E-state index contributed by atoms with van der Waals surface area (Å²) in [5.74, 6) is 0.903. The molecule has 1 fully saturated rings. The number of allylic oxidation sites excluding steroid dienone is 6. The molecule has 2 aliphatic carbocycles.